The van der Waals surface area contributed by atoms with Gasteiger partial charge in [-0.05, 0) is 25.1 Å². The third-order valence-electron chi connectivity index (χ3n) is 5.10. The van der Waals surface area contributed by atoms with Gasteiger partial charge in [-0.25, -0.2) is 18.7 Å². The fourth-order valence-corrected chi connectivity index (χ4v) is 3.60. The highest BCUT2D eigenvalue weighted by Crippen LogP contribution is 2.27. The van der Waals surface area contributed by atoms with Gasteiger partial charge in [-0.15, -0.1) is 0 Å². The zero-order valence-corrected chi connectivity index (χ0v) is 14.6. The van der Waals surface area contributed by atoms with Crippen LogP contribution >= 0.6 is 0 Å². The number of rotatable bonds is 3. The first-order valence-electron chi connectivity index (χ1n) is 8.77. The van der Waals surface area contributed by atoms with Crippen molar-refractivity contribution in [2.75, 3.05) is 31.1 Å². The Morgan fingerprint density at radius 3 is 2.50 bits per heavy atom. The third kappa shape index (κ3) is 3.12. The third-order valence-corrected chi connectivity index (χ3v) is 5.10. The van der Waals surface area contributed by atoms with Crippen molar-refractivity contribution in [3.8, 4) is 0 Å². The molecule has 1 atom stereocenters. The van der Waals surface area contributed by atoms with Crippen molar-refractivity contribution in [2.24, 2.45) is 0 Å². The molecule has 0 aliphatic carbocycles. The normalized spacial score (nSPS) is 16.8. The topological polar surface area (TPSA) is 32.3 Å². The highest BCUT2D eigenvalue weighted by molar-refractivity contribution is 5.89. The predicted molar refractivity (Wildman–Crippen MR) is 98.1 cm³/mol. The second-order valence-corrected chi connectivity index (χ2v) is 6.58. The maximum absolute atomic E-state index is 14.1. The van der Waals surface area contributed by atoms with E-state index in [4.69, 9.17) is 0 Å². The summed E-state index contributed by atoms with van der Waals surface area (Å²) in [6.45, 7) is 5.14. The molecule has 2 heterocycles. The molecule has 0 amide bonds. The number of halogens is 2. The number of nitrogens with zero attached hydrogens (tertiary/aromatic N) is 4. The minimum atomic E-state index is -0.543. The summed E-state index contributed by atoms with van der Waals surface area (Å²) in [4.78, 5) is 13.3. The molecule has 1 saturated heterocycles. The number of anilines is 1. The highest BCUT2D eigenvalue weighted by Gasteiger charge is 2.25. The van der Waals surface area contributed by atoms with Gasteiger partial charge in [-0.2, -0.15) is 0 Å². The molecule has 2 aromatic carbocycles. The maximum atomic E-state index is 14.1. The van der Waals surface area contributed by atoms with Gasteiger partial charge in [0.15, 0.2) is 0 Å². The molecular formula is C20H20F2N4. The summed E-state index contributed by atoms with van der Waals surface area (Å²) in [6.07, 6.45) is 1.60. The number of hydrogen-bond acceptors (Lipinski definition) is 4. The van der Waals surface area contributed by atoms with Crippen LogP contribution in [-0.2, 0) is 0 Å². The van der Waals surface area contributed by atoms with E-state index in [2.05, 4.69) is 19.8 Å². The second kappa shape index (κ2) is 6.96. The number of fused-ring (bicyclic) bond motifs is 1. The first kappa shape index (κ1) is 16.8. The van der Waals surface area contributed by atoms with E-state index < -0.39 is 11.6 Å². The Morgan fingerprint density at radius 2 is 1.73 bits per heavy atom. The van der Waals surface area contributed by atoms with E-state index >= 15 is 0 Å². The number of aromatic nitrogens is 2. The van der Waals surface area contributed by atoms with Gasteiger partial charge in [0.1, 0.15) is 23.8 Å². The summed E-state index contributed by atoms with van der Waals surface area (Å²) in [7, 11) is 0. The molecule has 134 valence electrons. The Bertz CT molecular complexity index is 917. The second-order valence-electron chi connectivity index (χ2n) is 6.58. The molecule has 4 rings (SSSR count). The molecule has 3 aromatic rings. The Labute approximate surface area is 151 Å². The summed E-state index contributed by atoms with van der Waals surface area (Å²) in [5.41, 5.74) is 1.47. The smallest absolute Gasteiger partial charge is 0.139 e. The first-order valence-corrected chi connectivity index (χ1v) is 8.77. The van der Waals surface area contributed by atoms with Gasteiger partial charge in [-0.1, -0.05) is 18.2 Å². The van der Waals surface area contributed by atoms with E-state index in [1.807, 2.05) is 31.2 Å². The molecule has 0 bridgehead atoms. The SMILES string of the molecule is CC(c1ccc(F)cc1F)N1CCN(c2ncnc3ccccc23)CC1. The van der Waals surface area contributed by atoms with Crippen LogP contribution < -0.4 is 4.90 Å². The van der Waals surface area contributed by atoms with Gasteiger partial charge in [0.2, 0.25) is 0 Å². The standard InChI is InChI=1S/C20H20F2N4/c1-14(16-7-6-15(21)12-18(16)22)25-8-10-26(11-9-25)20-17-4-2-3-5-19(17)23-13-24-20/h2-7,12-14H,8-11H2,1H3. The number of piperazine rings is 1. The Morgan fingerprint density at radius 1 is 0.962 bits per heavy atom. The fraction of sp³-hybridized carbons (Fsp3) is 0.300. The molecule has 1 aliphatic heterocycles. The zero-order chi connectivity index (χ0) is 18.1. The lowest BCUT2D eigenvalue weighted by Crippen LogP contribution is -2.47. The number of benzene rings is 2. The van der Waals surface area contributed by atoms with E-state index in [9.17, 15) is 8.78 Å². The average Bonchev–Trinajstić information content (AvgIpc) is 2.67. The molecule has 0 saturated carbocycles. The van der Waals surface area contributed by atoms with Crippen LogP contribution in [0.2, 0.25) is 0 Å². The molecule has 1 aliphatic rings. The van der Waals surface area contributed by atoms with E-state index in [0.717, 1.165) is 49.0 Å². The molecule has 0 radical (unpaired) electrons. The van der Waals surface area contributed by atoms with Crippen LogP contribution in [0.5, 0.6) is 0 Å². The summed E-state index contributed by atoms with van der Waals surface area (Å²) < 4.78 is 27.2. The highest BCUT2D eigenvalue weighted by atomic mass is 19.1. The van der Waals surface area contributed by atoms with Crippen molar-refractivity contribution >= 4 is 16.7 Å². The molecular weight excluding hydrogens is 334 g/mol. The van der Waals surface area contributed by atoms with Crippen LogP contribution in [0.1, 0.15) is 18.5 Å². The maximum Gasteiger partial charge on any atom is 0.139 e. The van der Waals surface area contributed by atoms with Crippen molar-refractivity contribution in [1.82, 2.24) is 14.9 Å². The summed E-state index contributed by atoms with van der Waals surface area (Å²) >= 11 is 0. The van der Waals surface area contributed by atoms with Crippen molar-refractivity contribution < 1.29 is 8.78 Å². The molecule has 1 unspecified atom stereocenters. The van der Waals surface area contributed by atoms with Crippen molar-refractivity contribution in [3.63, 3.8) is 0 Å². The minimum Gasteiger partial charge on any atom is -0.353 e. The Hall–Kier alpha value is -2.60. The van der Waals surface area contributed by atoms with E-state index in [1.54, 1.807) is 12.4 Å². The van der Waals surface area contributed by atoms with Gasteiger partial charge in [0.05, 0.1) is 5.52 Å². The Kier molecular flexibility index (Phi) is 4.51. The van der Waals surface area contributed by atoms with Gasteiger partial charge in [0, 0.05) is 49.2 Å². The molecule has 6 heteroatoms. The largest absolute Gasteiger partial charge is 0.353 e. The minimum absolute atomic E-state index is 0.0973. The molecule has 1 aromatic heterocycles. The number of para-hydroxylation sites is 1. The monoisotopic (exact) mass is 354 g/mol. The molecule has 0 N–H and O–H groups in total. The Balaban J connectivity index is 1.50. The van der Waals surface area contributed by atoms with E-state index in [1.165, 1.54) is 6.07 Å². The van der Waals surface area contributed by atoms with Crippen LogP contribution in [0, 0.1) is 11.6 Å². The van der Waals surface area contributed by atoms with Crippen molar-refractivity contribution in [2.45, 2.75) is 13.0 Å². The number of hydrogen-bond donors (Lipinski definition) is 0. The quantitative estimate of drug-likeness (QED) is 0.716. The molecule has 4 nitrogen and oxygen atoms in total. The van der Waals surface area contributed by atoms with Gasteiger partial charge >= 0.3 is 0 Å². The van der Waals surface area contributed by atoms with Crippen LogP contribution in [0.15, 0.2) is 48.8 Å². The lowest BCUT2D eigenvalue weighted by Gasteiger charge is -2.39. The van der Waals surface area contributed by atoms with Crippen LogP contribution in [0.3, 0.4) is 0 Å². The molecule has 26 heavy (non-hydrogen) atoms. The van der Waals surface area contributed by atoms with E-state index in [0.29, 0.717) is 5.56 Å². The molecule has 1 fully saturated rings. The summed E-state index contributed by atoms with van der Waals surface area (Å²) in [5, 5.41) is 1.04. The van der Waals surface area contributed by atoms with Gasteiger partial charge in [0.25, 0.3) is 0 Å². The van der Waals surface area contributed by atoms with Crippen LogP contribution in [0.25, 0.3) is 10.9 Å². The average molecular weight is 354 g/mol. The predicted octanol–water partition coefficient (Wildman–Crippen LogP) is 3.79. The zero-order valence-electron chi connectivity index (χ0n) is 14.6. The lowest BCUT2D eigenvalue weighted by atomic mass is 10.1. The van der Waals surface area contributed by atoms with Gasteiger partial charge < -0.3 is 4.90 Å². The van der Waals surface area contributed by atoms with Crippen LogP contribution in [0.4, 0.5) is 14.6 Å². The van der Waals surface area contributed by atoms with Crippen molar-refractivity contribution in [1.29, 1.82) is 0 Å². The van der Waals surface area contributed by atoms with Crippen molar-refractivity contribution in [3.05, 3.63) is 66.0 Å². The van der Waals surface area contributed by atoms with E-state index in [-0.39, 0.29) is 6.04 Å². The summed E-state index contributed by atoms with van der Waals surface area (Å²) in [6, 6.07) is 11.7. The first-order chi connectivity index (χ1) is 12.6. The van der Waals surface area contributed by atoms with Gasteiger partial charge in [-0.3, -0.25) is 4.90 Å². The summed E-state index contributed by atoms with van der Waals surface area (Å²) in [5.74, 6) is -0.0866. The fourth-order valence-electron chi connectivity index (χ4n) is 3.60. The lowest BCUT2D eigenvalue weighted by molar-refractivity contribution is 0.194. The molecule has 0 spiro atoms. The van der Waals surface area contributed by atoms with Crippen LogP contribution in [-0.4, -0.2) is 41.0 Å².